The Morgan fingerprint density at radius 1 is 1.20 bits per heavy atom. The average Bonchev–Trinajstić information content (AvgIpc) is 3.32. The van der Waals surface area contributed by atoms with Crippen LogP contribution in [0.25, 0.3) is 22.5 Å². The lowest BCUT2D eigenvalue weighted by atomic mass is 9.95. The van der Waals surface area contributed by atoms with E-state index in [-0.39, 0.29) is 17.6 Å². The molecule has 0 atom stereocenters. The summed E-state index contributed by atoms with van der Waals surface area (Å²) in [6.07, 6.45) is 3.00. The first-order valence-corrected chi connectivity index (χ1v) is 9.73. The summed E-state index contributed by atoms with van der Waals surface area (Å²) < 4.78 is 16.4. The first-order chi connectivity index (χ1) is 14.3. The second kappa shape index (κ2) is 7.49. The lowest BCUT2D eigenvalue weighted by Crippen LogP contribution is -2.33. The number of anilines is 1. The zero-order valence-corrected chi connectivity index (χ0v) is 17.4. The molecule has 0 aliphatic heterocycles. The number of halogens is 2. The molecule has 1 aromatic carbocycles. The van der Waals surface area contributed by atoms with Crippen LogP contribution in [0.4, 0.5) is 10.2 Å². The van der Waals surface area contributed by atoms with Gasteiger partial charge >= 0.3 is 0 Å². The molecule has 0 saturated heterocycles. The molecule has 30 heavy (non-hydrogen) atoms. The van der Waals surface area contributed by atoms with Crippen molar-refractivity contribution in [2.75, 3.05) is 11.2 Å². The Labute approximate surface area is 176 Å². The number of amides is 1. The van der Waals surface area contributed by atoms with E-state index in [4.69, 9.17) is 11.6 Å². The molecule has 154 valence electrons. The topological polar surface area (TPSA) is 90.5 Å². The van der Waals surface area contributed by atoms with Gasteiger partial charge in [-0.25, -0.2) is 19.0 Å². The van der Waals surface area contributed by atoms with E-state index in [1.54, 1.807) is 42.9 Å². The molecule has 0 aliphatic rings. The number of hydrogen-bond acceptors (Lipinski definition) is 5. The molecule has 3 aromatic heterocycles. The third-order valence-electron chi connectivity index (χ3n) is 4.64. The molecular weight excluding hydrogens is 409 g/mol. The standard InChI is InChI=1S/C20H19ClFN7O/c1-12-8-16(26-19(30)20(2,3)10-21)29(27-12)18-15-9-25-28(17(15)23-11-24-18)14-6-4-13(22)5-7-14/h4-9,11H,10H2,1-3H3,(H,26,30). The van der Waals surface area contributed by atoms with Crippen LogP contribution in [-0.4, -0.2) is 41.3 Å². The molecule has 1 amide bonds. The second-order valence-electron chi connectivity index (χ2n) is 7.52. The summed E-state index contributed by atoms with van der Waals surface area (Å²) in [5, 5.41) is 12.4. The quantitative estimate of drug-likeness (QED) is 0.491. The Bertz CT molecular complexity index is 1230. The van der Waals surface area contributed by atoms with Crippen LogP contribution < -0.4 is 5.32 Å². The van der Waals surface area contributed by atoms with Crippen LogP contribution >= 0.6 is 11.6 Å². The van der Waals surface area contributed by atoms with Gasteiger partial charge < -0.3 is 5.32 Å². The number of rotatable bonds is 5. The predicted octanol–water partition coefficient (Wildman–Crippen LogP) is 3.65. The van der Waals surface area contributed by atoms with Crippen molar-refractivity contribution in [2.45, 2.75) is 20.8 Å². The Hall–Kier alpha value is -3.33. The Kier molecular flexibility index (Phi) is 4.98. The number of fused-ring (bicyclic) bond motifs is 1. The van der Waals surface area contributed by atoms with Crippen molar-refractivity contribution in [1.82, 2.24) is 29.5 Å². The minimum atomic E-state index is -0.751. The van der Waals surface area contributed by atoms with Crippen molar-refractivity contribution < 1.29 is 9.18 Å². The molecule has 0 spiro atoms. The van der Waals surface area contributed by atoms with E-state index in [0.29, 0.717) is 34.1 Å². The molecule has 4 aromatic rings. The number of alkyl halides is 1. The van der Waals surface area contributed by atoms with Crippen LogP contribution in [0.3, 0.4) is 0 Å². The minimum absolute atomic E-state index is 0.175. The highest BCUT2D eigenvalue weighted by atomic mass is 35.5. The van der Waals surface area contributed by atoms with E-state index in [9.17, 15) is 9.18 Å². The van der Waals surface area contributed by atoms with Gasteiger partial charge in [0.15, 0.2) is 11.5 Å². The van der Waals surface area contributed by atoms with E-state index in [0.717, 1.165) is 0 Å². The van der Waals surface area contributed by atoms with Gasteiger partial charge in [0.05, 0.1) is 28.4 Å². The Morgan fingerprint density at radius 3 is 2.63 bits per heavy atom. The molecule has 0 radical (unpaired) electrons. The third-order valence-corrected chi connectivity index (χ3v) is 5.31. The Morgan fingerprint density at radius 2 is 1.93 bits per heavy atom. The normalized spacial score (nSPS) is 11.8. The van der Waals surface area contributed by atoms with Crippen LogP contribution in [0.15, 0.2) is 42.9 Å². The zero-order chi connectivity index (χ0) is 21.5. The first-order valence-electron chi connectivity index (χ1n) is 9.19. The van der Waals surface area contributed by atoms with Gasteiger partial charge in [-0.1, -0.05) is 0 Å². The van der Waals surface area contributed by atoms with Crippen molar-refractivity contribution in [3.63, 3.8) is 0 Å². The fraction of sp³-hybridized carbons (Fsp3) is 0.250. The molecule has 10 heteroatoms. The molecule has 1 N–H and O–H groups in total. The highest BCUT2D eigenvalue weighted by Crippen LogP contribution is 2.26. The summed E-state index contributed by atoms with van der Waals surface area (Å²) in [4.78, 5) is 21.3. The zero-order valence-electron chi connectivity index (χ0n) is 16.6. The number of aromatic nitrogens is 6. The van der Waals surface area contributed by atoms with Crippen LogP contribution in [0.1, 0.15) is 19.5 Å². The van der Waals surface area contributed by atoms with Gasteiger partial charge in [-0.2, -0.15) is 14.9 Å². The number of carbonyl (C=O) groups excluding carboxylic acids is 1. The molecule has 0 bridgehead atoms. The highest BCUT2D eigenvalue weighted by molar-refractivity contribution is 6.20. The summed E-state index contributed by atoms with van der Waals surface area (Å²) in [5.41, 5.74) is 1.13. The largest absolute Gasteiger partial charge is 0.310 e. The van der Waals surface area contributed by atoms with Gasteiger partial charge in [-0.3, -0.25) is 4.79 Å². The lowest BCUT2D eigenvalue weighted by Gasteiger charge is -2.20. The summed E-state index contributed by atoms with van der Waals surface area (Å²) in [5.74, 6) is 0.531. The second-order valence-corrected chi connectivity index (χ2v) is 7.79. The van der Waals surface area contributed by atoms with Crippen LogP contribution in [0, 0.1) is 18.2 Å². The summed E-state index contributed by atoms with van der Waals surface area (Å²) in [7, 11) is 0. The molecule has 3 heterocycles. The van der Waals surface area contributed by atoms with Gasteiger partial charge in [0, 0.05) is 11.9 Å². The van der Waals surface area contributed by atoms with E-state index < -0.39 is 5.41 Å². The third kappa shape index (κ3) is 3.52. The molecule has 0 fully saturated rings. The number of benzene rings is 1. The summed E-state index contributed by atoms with van der Waals surface area (Å²) >= 11 is 5.93. The van der Waals surface area contributed by atoms with Crippen LogP contribution in [0.2, 0.25) is 0 Å². The number of hydrogen-bond donors (Lipinski definition) is 1. The maximum Gasteiger partial charge on any atom is 0.232 e. The first kappa shape index (κ1) is 20.0. The van der Waals surface area contributed by atoms with E-state index >= 15 is 0 Å². The molecule has 4 rings (SSSR count). The predicted molar refractivity (Wildman–Crippen MR) is 112 cm³/mol. The number of aryl methyl sites for hydroxylation is 1. The van der Waals surface area contributed by atoms with Crippen molar-refractivity contribution >= 4 is 34.4 Å². The molecular formula is C20H19ClFN7O. The van der Waals surface area contributed by atoms with E-state index in [1.807, 2.05) is 6.92 Å². The fourth-order valence-corrected chi connectivity index (χ4v) is 2.99. The maximum absolute atomic E-state index is 13.3. The van der Waals surface area contributed by atoms with Crippen LogP contribution in [-0.2, 0) is 4.79 Å². The van der Waals surface area contributed by atoms with Crippen LogP contribution in [0.5, 0.6) is 0 Å². The van der Waals surface area contributed by atoms with Gasteiger partial charge in [-0.15, -0.1) is 11.6 Å². The Balaban J connectivity index is 1.80. The summed E-state index contributed by atoms with van der Waals surface area (Å²) in [6.45, 7) is 5.34. The molecule has 0 saturated carbocycles. The van der Waals surface area contributed by atoms with Gasteiger partial charge in [0.2, 0.25) is 5.91 Å². The maximum atomic E-state index is 13.3. The van der Waals surface area contributed by atoms with Crippen molar-refractivity contribution in [1.29, 1.82) is 0 Å². The smallest absolute Gasteiger partial charge is 0.232 e. The molecule has 0 aliphatic carbocycles. The molecule has 0 unspecified atom stereocenters. The van der Waals surface area contributed by atoms with E-state index in [1.165, 1.54) is 23.1 Å². The fourth-order valence-electron chi connectivity index (χ4n) is 2.87. The lowest BCUT2D eigenvalue weighted by molar-refractivity contribution is -0.123. The SMILES string of the molecule is Cc1cc(NC(=O)C(C)(C)CCl)n(-c2ncnc3c2cnn3-c2ccc(F)cc2)n1. The van der Waals surface area contributed by atoms with Crippen molar-refractivity contribution in [3.05, 3.63) is 54.4 Å². The average molecular weight is 428 g/mol. The van der Waals surface area contributed by atoms with Gasteiger partial charge in [-0.05, 0) is 45.0 Å². The number of nitrogens with one attached hydrogen (secondary N) is 1. The minimum Gasteiger partial charge on any atom is -0.310 e. The van der Waals surface area contributed by atoms with Crippen molar-refractivity contribution in [2.24, 2.45) is 5.41 Å². The van der Waals surface area contributed by atoms with Gasteiger partial charge in [0.25, 0.3) is 0 Å². The molecule has 8 nitrogen and oxygen atoms in total. The number of carbonyl (C=O) groups is 1. The highest BCUT2D eigenvalue weighted by Gasteiger charge is 2.28. The van der Waals surface area contributed by atoms with Gasteiger partial charge in [0.1, 0.15) is 18.0 Å². The monoisotopic (exact) mass is 427 g/mol. The number of nitrogens with zero attached hydrogens (tertiary/aromatic N) is 6. The summed E-state index contributed by atoms with van der Waals surface area (Å²) in [6, 6.07) is 7.69. The van der Waals surface area contributed by atoms with E-state index in [2.05, 4.69) is 25.5 Å². The van der Waals surface area contributed by atoms with Crippen molar-refractivity contribution in [3.8, 4) is 11.5 Å².